The van der Waals surface area contributed by atoms with Crippen LogP contribution in [0.2, 0.25) is 0 Å². The lowest BCUT2D eigenvalue weighted by atomic mass is 10.2. The molecule has 4 aromatic rings. The lowest BCUT2D eigenvalue weighted by Gasteiger charge is -2.07. The molecule has 6 heteroatoms. The van der Waals surface area contributed by atoms with E-state index in [4.69, 9.17) is 0 Å². The molecule has 0 fully saturated rings. The van der Waals surface area contributed by atoms with Crippen LogP contribution in [-0.2, 0) is 6.54 Å². The average molecular weight is 351 g/mol. The summed E-state index contributed by atoms with van der Waals surface area (Å²) in [4.78, 5) is 13.0. The van der Waals surface area contributed by atoms with E-state index in [1.54, 1.807) is 18.3 Å². The summed E-state index contributed by atoms with van der Waals surface area (Å²) in [5.74, 6) is -0.550. The number of nitrogens with one attached hydrogen (secondary N) is 1. The summed E-state index contributed by atoms with van der Waals surface area (Å²) in [6, 6.07) is 15.9. The van der Waals surface area contributed by atoms with E-state index >= 15 is 0 Å². The van der Waals surface area contributed by atoms with Gasteiger partial charge in [-0.3, -0.25) is 9.48 Å². The van der Waals surface area contributed by atoms with Crippen molar-refractivity contribution in [3.8, 4) is 0 Å². The monoisotopic (exact) mass is 351 g/mol. The number of halogens is 1. The number of aromatic nitrogens is 2. The lowest BCUT2D eigenvalue weighted by molar-refractivity contribution is 0.103. The molecule has 0 saturated heterocycles. The number of carbonyl (C=O) groups excluding carboxylic acids is 1. The first kappa shape index (κ1) is 15.5. The number of nitrogens with zero attached hydrogens (tertiary/aromatic N) is 2. The molecule has 4 rings (SSSR count). The molecule has 0 aliphatic rings. The van der Waals surface area contributed by atoms with Gasteiger partial charge in [-0.1, -0.05) is 18.2 Å². The van der Waals surface area contributed by atoms with Crippen LogP contribution >= 0.6 is 11.3 Å². The van der Waals surface area contributed by atoms with Crippen LogP contribution in [0.1, 0.15) is 15.2 Å². The Balaban J connectivity index is 1.54. The quantitative estimate of drug-likeness (QED) is 0.587. The van der Waals surface area contributed by atoms with Crippen molar-refractivity contribution in [2.24, 2.45) is 0 Å². The van der Waals surface area contributed by atoms with Gasteiger partial charge in [0.2, 0.25) is 0 Å². The van der Waals surface area contributed by atoms with Gasteiger partial charge in [0.1, 0.15) is 5.82 Å². The Kier molecular flexibility index (Phi) is 4.03. The molecule has 0 bridgehead atoms. The van der Waals surface area contributed by atoms with Crippen LogP contribution in [0.25, 0.3) is 10.1 Å². The maximum atomic E-state index is 13.8. The maximum Gasteiger partial charge on any atom is 0.265 e. The third-order valence-corrected chi connectivity index (χ3v) is 4.92. The molecular weight excluding hydrogens is 337 g/mol. The van der Waals surface area contributed by atoms with E-state index in [9.17, 15) is 9.18 Å². The smallest absolute Gasteiger partial charge is 0.265 e. The fraction of sp³-hybridized carbons (Fsp3) is 0.0526. The minimum absolute atomic E-state index is 0.239. The van der Waals surface area contributed by atoms with Crippen LogP contribution < -0.4 is 5.32 Å². The summed E-state index contributed by atoms with van der Waals surface area (Å²) >= 11 is 1.28. The Morgan fingerprint density at radius 1 is 1.16 bits per heavy atom. The summed E-state index contributed by atoms with van der Waals surface area (Å²) in [7, 11) is 0. The molecule has 2 aromatic carbocycles. The molecule has 0 spiro atoms. The highest BCUT2D eigenvalue weighted by molar-refractivity contribution is 7.20. The van der Waals surface area contributed by atoms with Crippen molar-refractivity contribution in [3.63, 3.8) is 0 Å². The van der Waals surface area contributed by atoms with Crippen molar-refractivity contribution >= 4 is 33.0 Å². The molecule has 2 heterocycles. The number of benzene rings is 2. The van der Waals surface area contributed by atoms with Gasteiger partial charge in [0, 0.05) is 28.2 Å². The molecule has 0 aliphatic carbocycles. The number of amides is 1. The van der Waals surface area contributed by atoms with Gasteiger partial charge >= 0.3 is 0 Å². The van der Waals surface area contributed by atoms with Crippen molar-refractivity contribution in [2.45, 2.75) is 6.54 Å². The van der Waals surface area contributed by atoms with E-state index in [1.807, 2.05) is 47.3 Å². The van der Waals surface area contributed by atoms with Crippen LogP contribution in [0, 0.1) is 5.82 Å². The second kappa shape index (κ2) is 6.49. The predicted octanol–water partition coefficient (Wildman–Crippen LogP) is 4.54. The SMILES string of the molecule is O=C(Nc1cccc(Cn2cccn2)c1)c1cc2c(F)cccc2s1. The van der Waals surface area contributed by atoms with E-state index in [0.29, 0.717) is 22.5 Å². The zero-order chi connectivity index (χ0) is 17.2. The van der Waals surface area contributed by atoms with E-state index in [-0.39, 0.29) is 11.7 Å². The first-order chi connectivity index (χ1) is 12.2. The first-order valence-corrected chi connectivity index (χ1v) is 8.56. The fourth-order valence-corrected chi connectivity index (χ4v) is 3.63. The van der Waals surface area contributed by atoms with Gasteiger partial charge in [0.25, 0.3) is 5.91 Å². The minimum atomic E-state index is -0.311. The Hall–Kier alpha value is -2.99. The highest BCUT2D eigenvalue weighted by atomic mass is 32.1. The van der Waals surface area contributed by atoms with Crippen molar-refractivity contribution in [2.75, 3.05) is 5.32 Å². The van der Waals surface area contributed by atoms with E-state index < -0.39 is 0 Å². The molecule has 0 aliphatic heterocycles. The maximum absolute atomic E-state index is 13.8. The normalized spacial score (nSPS) is 10.9. The number of hydrogen-bond donors (Lipinski definition) is 1. The Morgan fingerprint density at radius 3 is 2.84 bits per heavy atom. The van der Waals surface area contributed by atoms with Crippen LogP contribution in [0.5, 0.6) is 0 Å². The van der Waals surface area contributed by atoms with E-state index in [2.05, 4.69) is 10.4 Å². The van der Waals surface area contributed by atoms with Crippen molar-refractivity contribution < 1.29 is 9.18 Å². The van der Waals surface area contributed by atoms with E-state index in [0.717, 1.165) is 10.3 Å². The van der Waals surface area contributed by atoms with Gasteiger partial charge < -0.3 is 5.32 Å². The molecule has 1 amide bonds. The van der Waals surface area contributed by atoms with Crippen LogP contribution in [-0.4, -0.2) is 15.7 Å². The number of anilines is 1. The first-order valence-electron chi connectivity index (χ1n) is 7.75. The molecule has 25 heavy (non-hydrogen) atoms. The predicted molar refractivity (Wildman–Crippen MR) is 97.5 cm³/mol. The topological polar surface area (TPSA) is 46.9 Å². The number of fused-ring (bicyclic) bond motifs is 1. The molecular formula is C19H14FN3OS. The van der Waals surface area contributed by atoms with Crippen LogP contribution in [0.4, 0.5) is 10.1 Å². The highest BCUT2D eigenvalue weighted by Crippen LogP contribution is 2.28. The molecule has 124 valence electrons. The second-order valence-electron chi connectivity index (χ2n) is 5.62. The summed E-state index contributed by atoms with van der Waals surface area (Å²) in [6.07, 6.45) is 3.61. The summed E-state index contributed by atoms with van der Waals surface area (Å²) in [5, 5.41) is 7.53. The summed E-state index contributed by atoms with van der Waals surface area (Å²) in [5.41, 5.74) is 1.73. The molecule has 4 nitrogen and oxygen atoms in total. The fourth-order valence-electron chi connectivity index (χ4n) is 2.66. The van der Waals surface area contributed by atoms with Crippen molar-refractivity contribution in [1.82, 2.24) is 9.78 Å². The Bertz CT molecular complexity index is 1040. The molecule has 0 atom stereocenters. The Labute approximate surface area is 147 Å². The molecule has 1 N–H and O–H groups in total. The number of rotatable bonds is 4. The largest absolute Gasteiger partial charge is 0.321 e. The average Bonchev–Trinajstić information content (AvgIpc) is 3.25. The minimum Gasteiger partial charge on any atom is -0.321 e. The number of thiophene rings is 1. The van der Waals surface area contributed by atoms with Crippen molar-refractivity contribution in [1.29, 1.82) is 0 Å². The van der Waals surface area contributed by atoms with Crippen LogP contribution in [0.3, 0.4) is 0 Å². The van der Waals surface area contributed by atoms with Crippen LogP contribution in [0.15, 0.2) is 67.0 Å². The number of hydrogen-bond acceptors (Lipinski definition) is 3. The van der Waals surface area contributed by atoms with Gasteiger partial charge in [-0.05, 0) is 42.0 Å². The summed E-state index contributed by atoms with van der Waals surface area (Å²) in [6.45, 7) is 0.630. The zero-order valence-electron chi connectivity index (χ0n) is 13.1. The van der Waals surface area contributed by atoms with Gasteiger partial charge in [-0.15, -0.1) is 11.3 Å². The molecule has 0 radical (unpaired) electrons. The van der Waals surface area contributed by atoms with Gasteiger partial charge in [-0.25, -0.2) is 4.39 Å². The van der Waals surface area contributed by atoms with Gasteiger partial charge in [0.15, 0.2) is 0 Å². The molecule has 0 saturated carbocycles. The standard InChI is InChI=1S/C19H14FN3OS/c20-16-6-2-7-17-15(16)11-18(25-17)19(24)22-14-5-1-4-13(10-14)12-23-9-3-8-21-23/h1-11H,12H2,(H,22,24). The second-order valence-corrected chi connectivity index (χ2v) is 6.70. The molecule has 2 aromatic heterocycles. The third-order valence-electron chi connectivity index (χ3n) is 3.82. The lowest BCUT2D eigenvalue weighted by Crippen LogP contribution is -2.10. The number of carbonyl (C=O) groups is 1. The van der Waals surface area contributed by atoms with E-state index in [1.165, 1.54) is 17.4 Å². The molecule has 0 unspecified atom stereocenters. The van der Waals surface area contributed by atoms with Gasteiger partial charge in [-0.2, -0.15) is 5.10 Å². The van der Waals surface area contributed by atoms with Gasteiger partial charge in [0.05, 0.1) is 11.4 Å². The van der Waals surface area contributed by atoms with Crippen molar-refractivity contribution in [3.05, 3.63) is 83.2 Å². The highest BCUT2D eigenvalue weighted by Gasteiger charge is 2.13. The third kappa shape index (κ3) is 3.29. The Morgan fingerprint density at radius 2 is 2.04 bits per heavy atom. The summed E-state index contributed by atoms with van der Waals surface area (Å²) < 4.78 is 16.4. The zero-order valence-corrected chi connectivity index (χ0v) is 14.0.